The van der Waals surface area contributed by atoms with Gasteiger partial charge in [0.2, 0.25) is 0 Å². The number of benzene rings is 1. The molecule has 0 amide bonds. The molecule has 2 unspecified atom stereocenters. The molecule has 2 atom stereocenters. The minimum atomic E-state index is -0.766. The van der Waals surface area contributed by atoms with Crippen molar-refractivity contribution in [1.29, 1.82) is 0 Å². The van der Waals surface area contributed by atoms with Crippen LogP contribution >= 0.6 is 11.6 Å². The molecule has 0 heterocycles. The van der Waals surface area contributed by atoms with E-state index in [9.17, 15) is 10.2 Å². The molecule has 3 N–H and O–H groups in total. The highest BCUT2D eigenvalue weighted by atomic mass is 35.5. The standard InChI is InChI=1S/C16H26ClNO3/c1-12(2)8-16(3,20)11-18-9-13(19)10-21-15-7-5-4-6-14(15)17/h4-7,12-13,18-20H,8-11H2,1-3H3. The zero-order chi connectivity index (χ0) is 15.9. The van der Waals surface area contributed by atoms with Crippen LogP contribution in [0.4, 0.5) is 0 Å². The van der Waals surface area contributed by atoms with E-state index < -0.39 is 11.7 Å². The Balaban J connectivity index is 2.25. The number of aliphatic hydroxyl groups excluding tert-OH is 1. The van der Waals surface area contributed by atoms with Gasteiger partial charge in [0.05, 0.1) is 10.6 Å². The molecular formula is C16H26ClNO3. The molecule has 1 aromatic carbocycles. The molecule has 0 aliphatic heterocycles. The van der Waals surface area contributed by atoms with Gasteiger partial charge in [-0.25, -0.2) is 0 Å². The van der Waals surface area contributed by atoms with Gasteiger partial charge in [0, 0.05) is 13.1 Å². The molecule has 0 aliphatic carbocycles. The lowest BCUT2D eigenvalue weighted by atomic mass is 9.94. The summed E-state index contributed by atoms with van der Waals surface area (Å²) in [5, 5.41) is 23.6. The molecule has 0 saturated carbocycles. The summed E-state index contributed by atoms with van der Waals surface area (Å²) in [6.45, 7) is 6.89. The monoisotopic (exact) mass is 315 g/mol. The number of hydrogen-bond donors (Lipinski definition) is 3. The summed E-state index contributed by atoms with van der Waals surface area (Å²) in [4.78, 5) is 0. The maximum Gasteiger partial charge on any atom is 0.138 e. The first-order valence-electron chi connectivity index (χ1n) is 7.28. The molecule has 4 nitrogen and oxygen atoms in total. The van der Waals surface area contributed by atoms with Gasteiger partial charge in [-0.1, -0.05) is 37.6 Å². The van der Waals surface area contributed by atoms with Gasteiger partial charge in [-0.15, -0.1) is 0 Å². The van der Waals surface area contributed by atoms with E-state index in [0.29, 0.717) is 36.2 Å². The van der Waals surface area contributed by atoms with E-state index in [1.807, 2.05) is 12.1 Å². The number of nitrogens with one attached hydrogen (secondary N) is 1. The number of rotatable bonds is 9. The van der Waals surface area contributed by atoms with Crippen molar-refractivity contribution >= 4 is 11.6 Å². The van der Waals surface area contributed by atoms with Crippen molar-refractivity contribution in [3.63, 3.8) is 0 Å². The minimum Gasteiger partial charge on any atom is -0.489 e. The van der Waals surface area contributed by atoms with Crippen LogP contribution in [-0.2, 0) is 0 Å². The van der Waals surface area contributed by atoms with Crippen molar-refractivity contribution in [2.24, 2.45) is 5.92 Å². The van der Waals surface area contributed by atoms with Crippen molar-refractivity contribution in [3.8, 4) is 5.75 Å². The molecular weight excluding hydrogens is 290 g/mol. The SMILES string of the molecule is CC(C)CC(C)(O)CNCC(O)COc1ccccc1Cl. The van der Waals surface area contributed by atoms with Gasteiger partial charge in [-0.2, -0.15) is 0 Å². The van der Waals surface area contributed by atoms with Crippen molar-refractivity contribution < 1.29 is 14.9 Å². The zero-order valence-corrected chi connectivity index (χ0v) is 13.7. The topological polar surface area (TPSA) is 61.7 Å². The average Bonchev–Trinajstić information content (AvgIpc) is 2.36. The first kappa shape index (κ1) is 18.2. The Labute approximate surface area is 132 Å². The molecule has 0 fully saturated rings. The van der Waals surface area contributed by atoms with E-state index in [-0.39, 0.29) is 6.61 Å². The number of ether oxygens (including phenoxy) is 1. The summed E-state index contributed by atoms with van der Waals surface area (Å²) in [5.74, 6) is 0.986. The summed E-state index contributed by atoms with van der Waals surface area (Å²) >= 11 is 5.96. The summed E-state index contributed by atoms with van der Waals surface area (Å²) in [5.41, 5.74) is -0.766. The third-order valence-electron chi connectivity index (χ3n) is 3.00. The molecule has 5 heteroatoms. The third kappa shape index (κ3) is 7.67. The lowest BCUT2D eigenvalue weighted by Gasteiger charge is -2.26. The van der Waals surface area contributed by atoms with Crippen LogP contribution in [0.25, 0.3) is 0 Å². The van der Waals surface area contributed by atoms with E-state index in [0.717, 1.165) is 0 Å². The van der Waals surface area contributed by atoms with E-state index >= 15 is 0 Å². The Morgan fingerprint density at radius 1 is 1.33 bits per heavy atom. The van der Waals surface area contributed by atoms with Crippen molar-refractivity contribution in [3.05, 3.63) is 29.3 Å². The van der Waals surface area contributed by atoms with Gasteiger partial charge in [-0.05, 0) is 31.4 Å². The third-order valence-corrected chi connectivity index (χ3v) is 3.31. The Morgan fingerprint density at radius 2 is 2.00 bits per heavy atom. The van der Waals surface area contributed by atoms with Crippen LogP contribution in [0.2, 0.25) is 5.02 Å². The van der Waals surface area contributed by atoms with E-state index in [1.165, 1.54) is 0 Å². The molecule has 0 bridgehead atoms. The second kappa shape index (κ2) is 8.59. The maximum absolute atomic E-state index is 10.1. The van der Waals surface area contributed by atoms with E-state index in [1.54, 1.807) is 19.1 Å². The highest BCUT2D eigenvalue weighted by Gasteiger charge is 2.21. The molecule has 0 aromatic heterocycles. The van der Waals surface area contributed by atoms with Gasteiger partial charge >= 0.3 is 0 Å². The maximum atomic E-state index is 10.1. The fraction of sp³-hybridized carbons (Fsp3) is 0.625. The quantitative estimate of drug-likeness (QED) is 0.655. The lowest BCUT2D eigenvalue weighted by Crippen LogP contribution is -2.42. The van der Waals surface area contributed by atoms with Gasteiger partial charge in [-0.3, -0.25) is 0 Å². The largest absolute Gasteiger partial charge is 0.489 e. The number of halogens is 1. The molecule has 0 aliphatic rings. The molecule has 0 radical (unpaired) electrons. The first-order chi connectivity index (χ1) is 9.80. The normalized spacial score (nSPS) is 15.8. The summed E-state index contributed by atoms with van der Waals surface area (Å²) in [6, 6.07) is 7.15. The van der Waals surface area contributed by atoms with E-state index in [2.05, 4.69) is 19.2 Å². The predicted molar refractivity (Wildman–Crippen MR) is 85.9 cm³/mol. The fourth-order valence-corrected chi connectivity index (χ4v) is 2.46. The van der Waals surface area contributed by atoms with Crippen LogP contribution in [0.3, 0.4) is 0 Å². The number of para-hydroxylation sites is 1. The fourth-order valence-electron chi connectivity index (χ4n) is 2.27. The van der Waals surface area contributed by atoms with Crippen LogP contribution in [0.15, 0.2) is 24.3 Å². The van der Waals surface area contributed by atoms with E-state index in [4.69, 9.17) is 16.3 Å². The smallest absolute Gasteiger partial charge is 0.138 e. The van der Waals surface area contributed by atoms with Crippen LogP contribution < -0.4 is 10.1 Å². The Hall–Kier alpha value is -0.810. The lowest BCUT2D eigenvalue weighted by molar-refractivity contribution is 0.0327. The number of aliphatic hydroxyl groups is 2. The summed E-state index contributed by atoms with van der Waals surface area (Å²) < 4.78 is 5.46. The first-order valence-corrected chi connectivity index (χ1v) is 7.66. The van der Waals surface area contributed by atoms with Crippen molar-refractivity contribution in [1.82, 2.24) is 5.32 Å². The highest BCUT2D eigenvalue weighted by molar-refractivity contribution is 6.32. The minimum absolute atomic E-state index is 0.156. The Kier molecular flexibility index (Phi) is 7.46. The summed E-state index contributed by atoms with van der Waals surface area (Å²) in [6.07, 6.45) is 0.0581. The van der Waals surface area contributed by atoms with Crippen LogP contribution in [-0.4, -0.2) is 41.6 Å². The summed E-state index contributed by atoms with van der Waals surface area (Å²) in [7, 11) is 0. The zero-order valence-electron chi connectivity index (χ0n) is 13.0. The van der Waals surface area contributed by atoms with Crippen LogP contribution in [0.5, 0.6) is 5.75 Å². The molecule has 0 spiro atoms. The molecule has 1 aromatic rings. The number of hydrogen-bond acceptors (Lipinski definition) is 4. The molecule has 0 saturated heterocycles. The van der Waals surface area contributed by atoms with Gasteiger partial charge in [0.25, 0.3) is 0 Å². The average molecular weight is 316 g/mol. The second-order valence-corrected chi connectivity index (χ2v) is 6.53. The van der Waals surface area contributed by atoms with Gasteiger partial charge in [0.15, 0.2) is 0 Å². The molecule has 1 rings (SSSR count). The molecule has 21 heavy (non-hydrogen) atoms. The van der Waals surface area contributed by atoms with Crippen LogP contribution in [0.1, 0.15) is 27.2 Å². The van der Waals surface area contributed by atoms with Crippen molar-refractivity contribution in [2.45, 2.75) is 38.9 Å². The second-order valence-electron chi connectivity index (χ2n) is 6.12. The predicted octanol–water partition coefficient (Wildman–Crippen LogP) is 2.47. The van der Waals surface area contributed by atoms with Crippen LogP contribution in [0, 0.1) is 5.92 Å². The van der Waals surface area contributed by atoms with Crippen molar-refractivity contribution in [2.75, 3.05) is 19.7 Å². The highest BCUT2D eigenvalue weighted by Crippen LogP contribution is 2.23. The van der Waals surface area contributed by atoms with Gasteiger partial charge in [0.1, 0.15) is 18.5 Å². The Morgan fingerprint density at radius 3 is 2.62 bits per heavy atom. The Bertz CT molecular complexity index is 424. The van der Waals surface area contributed by atoms with Gasteiger partial charge < -0.3 is 20.3 Å². The molecule has 120 valence electrons.